The number of hydrogen-bond acceptors (Lipinski definition) is 8. The second kappa shape index (κ2) is 8.09. The van der Waals surface area contributed by atoms with Gasteiger partial charge in [-0.1, -0.05) is 12.1 Å². The lowest BCUT2D eigenvalue weighted by Gasteiger charge is -2.41. The molecule has 0 radical (unpaired) electrons. The van der Waals surface area contributed by atoms with Crippen LogP contribution in [0.5, 0.6) is 11.5 Å². The highest BCUT2D eigenvalue weighted by Gasteiger charge is 2.36. The minimum Gasteiger partial charge on any atom is -0.497 e. The Bertz CT molecular complexity index is 1130. The molecule has 0 unspecified atom stereocenters. The number of aliphatic hydroxyl groups is 1. The highest BCUT2D eigenvalue weighted by atomic mass is 16.5. The van der Waals surface area contributed by atoms with Crippen LogP contribution in [0.15, 0.2) is 47.5 Å². The number of anilines is 1. The number of nitrogens with one attached hydrogen (secondary N) is 1. The molecule has 2 aromatic carbocycles. The smallest absolute Gasteiger partial charge is 0.216 e. The average Bonchev–Trinajstić information content (AvgIpc) is 3.22. The van der Waals surface area contributed by atoms with Crippen molar-refractivity contribution in [2.45, 2.75) is 12.6 Å². The van der Waals surface area contributed by atoms with Crippen molar-refractivity contribution in [1.29, 1.82) is 0 Å². The molecule has 1 aromatic heterocycles. The van der Waals surface area contributed by atoms with E-state index in [1.165, 1.54) is 0 Å². The number of guanidine groups is 1. The van der Waals surface area contributed by atoms with Crippen molar-refractivity contribution in [2.24, 2.45) is 4.99 Å². The van der Waals surface area contributed by atoms with Crippen LogP contribution in [0.3, 0.4) is 0 Å². The van der Waals surface area contributed by atoms with Crippen LogP contribution < -0.4 is 19.7 Å². The Hall–Kier alpha value is -3.30. The summed E-state index contributed by atoms with van der Waals surface area (Å²) in [6, 6.07) is 14.0. The molecule has 0 saturated heterocycles. The molecule has 2 aliphatic heterocycles. The van der Waals surface area contributed by atoms with E-state index in [4.69, 9.17) is 19.5 Å². The molecule has 31 heavy (non-hydrogen) atoms. The number of aliphatic imine (C=N–C) groups is 1. The summed E-state index contributed by atoms with van der Waals surface area (Å²) < 4.78 is 13.3. The maximum atomic E-state index is 9.20. The molecule has 5 rings (SSSR count). The standard InChI is InChI=1S/C22H26N6O3/c1-30-15-8-9-16(19(12-15)31-2)20-25-21-23-13-26(10-5-11-29)14-27(21)22-24-17-6-3-4-7-18(17)28(20)22/h3-4,6-9,12,20,29H,5,10-11,13-14H2,1-2H3,(H,23,25)/t20-/m1/s1. The van der Waals surface area contributed by atoms with Crippen molar-refractivity contribution < 1.29 is 14.6 Å². The number of benzene rings is 2. The molecule has 2 aliphatic rings. The zero-order valence-corrected chi connectivity index (χ0v) is 17.7. The second-order valence-electron chi connectivity index (χ2n) is 7.59. The summed E-state index contributed by atoms with van der Waals surface area (Å²) in [5, 5.41) is 12.8. The number of ether oxygens (including phenoxy) is 2. The van der Waals surface area contributed by atoms with Crippen molar-refractivity contribution >= 4 is 22.9 Å². The van der Waals surface area contributed by atoms with Crippen LogP contribution in [-0.2, 0) is 0 Å². The van der Waals surface area contributed by atoms with Crippen LogP contribution in [0.25, 0.3) is 11.0 Å². The Morgan fingerprint density at radius 1 is 1.16 bits per heavy atom. The summed E-state index contributed by atoms with van der Waals surface area (Å²) in [5.41, 5.74) is 2.92. The topological polar surface area (TPSA) is 87.4 Å². The molecule has 9 nitrogen and oxygen atoms in total. The Morgan fingerprint density at radius 2 is 2.03 bits per heavy atom. The predicted octanol–water partition coefficient (Wildman–Crippen LogP) is 1.98. The number of nitrogens with zero attached hydrogens (tertiary/aromatic N) is 5. The second-order valence-corrected chi connectivity index (χ2v) is 7.59. The SMILES string of the molecule is COc1ccc([C@@H]2NC3=NCN(CCCO)CN3c3nc4ccccc4n32)c(OC)c1. The van der Waals surface area contributed by atoms with Crippen molar-refractivity contribution in [3.05, 3.63) is 48.0 Å². The third kappa shape index (κ3) is 3.35. The van der Waals surface area contributed by atoms with E-state index in [0.717, 1.165) is 46.5 Å². The summed E-state index contributed by atoms with van der Waals surface area (Å²) in [6.07, 6.45) is 0.482. The first-order valence-electron chi connectivity index (χ1n) is 10.3. The van der Waals surface area contributed by atoms with Crippen LogP contribution in [0.4, 0.5) is 5.95 Å². The third-order valence-corrected chi connectivity index (χ3v) is 5.73. The molecule has 0 spiro atoms. The lowest BCUT2D eigenvalue weighted by atomic mass is 10.1. The van der Waals surface area contributed by atoms with Crippen LogP contribution >= 0.6 is 0 Å². The summed E-state index contributed by atoms with van der Waals surface area (Å²) in [6.45, 7) is 2.18. The fourth-order valence-electron chi connectivity index (χ4n) is 4.21. The van der Waals surface area contributed by atoms with Gasteiger partial charge < -0.3 is 19.9 Å². The molecule has 0 bridgehead atoms. The molecule has 0 saturated carbocycles. The molecule has 0 aliphatic carbocycles. The Labute approximate surface area is 180 Å². The van der Waals surface area contributed by atoms with Gasteiger partial charge in [0.05, 0.1) is 38.6 Å². The highest BCUT2D eigenvalue weighted by Crippen LogP contribution is 2.38. The van der Waals surface area contributed by atoms with Crippen molar-refractivity contribution in [2.75, 3.05) is 45.6 Å². The Balaban J connectivity index is 1.63. The van der Waals surface area contributed by atoms with Gasteiger partial charge in [-0.3, -0.25) is 14.4 Å². The van der Waals surface area contributed by atoms with E-state index in [1.807, 2.05) is 36.4 Å². The first-order valence-corrected chi connectivity index (χ1v) is 10.3. The molecule has 3 aromatic rings. The summed E-state index contributed by atoms with van der Waals surface area (Å²) >= 11 is 0. The molecular weight excluding hydrogens is 396 g/mol. The highest BCUT2D eigenvalue weighted by molar-refractivity contribution is 5.99. The van der Waals surface area contributed by atoms with Gasteiger partial charge in [0.1, 0.15) is 17.7 Å². The maximum Gasteiger partial charge on any atom is 0.216 e. The number of aromatic nitrogens is 2. The van der Waals surface area contributed by atoms with Gasteiger partial charge in [0.25, 0.3) is 0 Å². The largest absolute Gasteiger partial charge is 0.497 e. The van der Waals surface area contributed by atoms with Gasteiger partial charge in [-0.05, 0) is 30.7 Å². The van der Waals surface area contributed by atoms with Gasteiger partial charge in [-0.2, -0.15) is 0 Å². The minimum absolute atomic E-state index is 0.170. The van der Waals surface area contributed by atoms with Gasteiger partial charge in [-0.25, -0.2) is 9.98 Å². The molecule has 1 atom stereocenters. The fraction of sp³-hybridized carbons (Fsp3) is 0.364. The van der Waals surface area contributed by atoms with Gasteiger partial charge in [0.15, 0.2) is 0 Å². The summed E-state index contributed by atoms with van der Waals surface area (Å²) in [4.78, 5) is 14.0. The molecule has 9 heteroatoms. The van der Waals surface area contributed by atoms with E-state index in [-0.39, 0.29) is 12.8 Å². The van der Waals surface area contributed by atoms with E-state index in [0.29, 0.717) is 19.8 Å². The van der Waals surface area contributed by atoms with E-state index < -0.39 is 0 Å². The van der Waals surface area contributed by atoms with Gasteiger partial charge in [-0.15, -0.1) is 0 Å². The number of para-hydroxylation sites is 2. The van der Waals surface area contributed by atoms with Crippen LogP contribution in [0, 0.1) is 0 Å². The molecular formula is C22H26N6O3. The summed E-state index contributed by atoms with van der Waals surface area (Å²) in [7, 11) is 3.31. The molecule has 0 amide bonds. The normalized spacial score (nSPS) is 18.2. The molecule has 2 N–H and O–H groups in total. The number of methoxy groups -OCH3 is 2. The zero-order valence-electron chi connectivity index (χ0n) is 17.7. The first kappa shape index (κ1) is 19.7. The van der Waals surface area contributed by atoms with Crippen molar-refractivity contribution in [1.82, 2.24) is 19.8 Å². The van der Waals surface area contributed by atoms with Crippen LogP contribution in [0.1, 0.15) is 18.2 Å². The Kier molecular flexibility index (Phi) is 5.13. The quantitative estimate of drug-likeness (QED) is 0.628. The van der Waals surface area contributed by atoms with Gasteiger partial charge in [0, 0.05) is 24.8 Å². The maximum absolute atomic E-state index is 9.20. The van der Waals surface area contributed by atoms with Crippen molar-refractivity contribution in [3.63, 3.8) is 0 Å². The van der Waals surface area contributed by atoms with Crippen LogP contribution in [-0.4, -0.2) is 66.2 Å². The molecule has 3 heterocycles. The monoisotopic (exact) mass is 422 g/mol. The Morgan fingerprint density at radius 3 is 2.84 bits per heavy atom. The van der Waals surface area contributed by atoms with Gasteiger partial charge >= 0.3 is 0 Å². The zero-order chi connectivity index (χ0) is 21.4. The molecule has 162 valence electrons. The number of imidazole rings is 1. The third-order valence-electron chi connectivity index (χ3n) is 5.73. The van der Waals surface area contributed by atoms with E-state index in [2.05, 4.69) is 25.8 Å². The van der Waals surface area contributed by atoms with Crippen molar-refractivity contribution in [3.8, 4) is 11.5 Å². The number of hydrogen-bond donors (Lipinski definition) is 2. The van der Waals surface area contributed by atoms with E-state index in [9.17, 15) is 5.11 Å². The predicted molar refractivity (Wildman–Crippen MR) is 119 cm³/mol. The van der Waals surface area contributed by atoms with Crippen LogP contribution in [0.2, 0.25) is 0 Å². The van der Waals surface area contributed by atoms with E-state index >= 15 is 0 Å². The summed E-state index contributed by atoms with van der Waals surface area (Å²) in [5.74, 6) is 3.08. The molecule has 0 fully saturated rings. The average molecular weight is 422 g/mol. The van der Waals surface area contributed by atoms with Gasteiger partial charge in [0.2, 0.25) is 11.9 Å². The lowest BCUT2D eigenvalue weighted by Crippen LogP contribution is -2.57. The number of aliphatic hydroxyl groups excluding tert-OH is 1. The fourth-order valence-corrected chi connectivity index (χ4v) is 4.21. The number of fused-ring (bicyclic) bond motifs is 5. The minimum atomic E-state index is -0.234. The van der Waals surface area contributed by atoms with E-state index in [1.54, 1.807) is 14.2 Å². The number of rotatable bonds is 6. The first-order chi connectivity index (χ1) is 15.2. The lowest BCUT2D eigenvalue weighted by molar-refractivity contribution is 0.223.